The van der Waals surface area contributed by atoms with E-state index in [9.17, 15) is 0 Å². The lowest BCUT2D eigenvalue weighted by atomic mass is 10.1. The fourth-order valence-electron chi connectivity index (χ4n) is 2.36. The molecule has 0 radical (unpaired) electrons. The molecule has 2 aromatic rings. The molecule has 0 atom stereocenters. The van der Waals surface area contributed by atoms with E-state index >= 15 is 0 Å². The van der Waals surface area contributed by atoms with Crippen LogP contribution in [0, 0.1) is 0 Å². The van der Waals surface area contributed by atoms with Gasteiger partial charge in [-0.2, -0.15) is 5.10 Å². The molecule has 0 saturated heterocycles. The molecule has 0 aliphatic carbocycles. The highest BCUT2D eigenvalue weighted by molar-refractivity contribution is 7.80. The summed E-state index contributed by atoms with van der Waals surface area (Å²) < 4.78 is 13.0. The average Bonchev–Trinajstić information content (AvgIpc) is 3.01. The normalized spacial score (nSPS) is 10.4. The Balaban J connectivity index is 1.78. The predicted octanol–water partition coefficient (Wildman–Crippen LogP) is 2.42. The lowest BCUT2D eigenvalue weighted by Crippen LogP contribution is -2.36. The number of hydrogen-bond acceptors (Lipinski definition) is 4. The second kappa shape index (κ2) is 9.88. The number of aryl methyl sites for hydroxylation is 1. The summed E-state index contributed by atoms with van der Waals surface area (Å²) in [6.07, 6.45) is 2.76. The minimum Gasteiger partial charge on any atom is -0.490 e. The van der Waals surface area contributed by atoms with E-state index in [4.69, 9.17) is 21.7 Å². The van der Waals surface area contributed by atoms with E-state index in [-0.39, 0.29) is 0 Å². The summed E-state index contributed by atoms with van der Waals surface area (Å²) in [5.41, 5.74) is 2.13. The van der Waals surface area contributed by atoms with Crippen LogP contribution in [0.4, 0.5) is 0 Å². The second-order valence-electron chi connectivity index (χ2n) is 5.49. The zero-order chi connectivity index (χ0) is 18.1. The van der Waals surface area contributed by atoms with Crippen molar-refractivity contribution in [2.24, 2.45) is 7.05 Å². The molecule has 25 heavy (non-hydrogen) atoms. The van der Waals surface area contributed by atoms with Gasteiger partial charge in [-0.15, -0.1) is 0 Å². The summed E-state index contributed by atoms with van der Waals surface area (Å²) in [4.78, 5) is 0. The molecule has 2 rings (SSSR count). The van der Waals surface area contributed by atoms with Gasteiger partial charge < -0.3 is 20.1 Å². The van der Waals surface area contributed by atoms with Crippen LogP contribution in [-0.2, 0) is 20.0 Å². The number of aromatic nitrogens is 2. The van der Waals surface area contributed by atoms with Crippen molar-refractivity contribution in [2.75, 3.05) is 19.8 Å². The minimum absolute atomic E-state index is 0.614. The van der Waals surface area contributed by atoms with Crippen LogP contribution in [0.15, 0.2) is 30.5 Å². The van der Waals surface area contributed by atoms with Crippen molar-refractivity contribution in [3.63, 3.8) is 0 Å². The fraction of sp³-hybridized carbons (Fsp3) is 0.444. The fourth-order valence-corrected chi connectivity index (χ4v) is 2.54. The first-order valence-corrected chi connectivity index (χ1v) is 8.92. The van der Waals surface area contributed by atoms with Crippen LogP contribution in [0.5, 0.6) is 11.5 Å². The van der Waals surface area contributed by atoms with Crippen molar-refractivity contribution in [1.82, 2.24) is 20.4 Å². The predicted molar refractivity (Wildman–Crippen MR) is 103 cm³/mol. The quantitative estimate of drug-likeness (QED) is 0.668. The molecule has 0 aliphatic rings. The molecule has 2 N–H and O–H groups in total. The van der Waals surface area contributed by atoms with Crippen LogP contribution in [0.25, 0.3) is 0 Å². The molecule has 0 fully saturated rings. The number of rotatable bonds is 9. The van der Waals surface area contributed by atoms with Gasteiger partial charge in [0.15, 0.2) is 16.6 Å². The zero-order valence-electron chi connectivity index (χ0n) is 15.0. The van der Waals surface area contributed by atoms with Crippen LogP contribution in [0.1, 0.15) is 25.1 Å². The number of ether oxygens (including phenoxy) is 2. The number of nitrogens with zero attached hydrogens (tertiary/aromatic N) is 2. The molecule has 0 saturated carbocycles. The second-order valence-corrected chi connectivity index (χ2v) is 5.90. The third kappa shape index (κ3) is 6.26. The third-order valence-corrected chi connectivity index (χ3v) is 3.79. The maximum Gasteiger partial charge on any atom is 0.166 e. The van der Waals surface area contributed by atoms with Gasteiger partial charge in [-0.3, -0.25) is 4.68 Å². The van der Waals surface area contributed by atoms with Crippen LogP contribution in [0.2, 0.25) is 0 Å². The Morgan fingerprint density at radius 1 is 1.12 bits per heavy atom. The van der Waals surface area contributed by atoms with Gasteiger partial charge in [0.05, 0.1) is 25.5 Å². The monoisotopic (exact) mass is 362 g/mol. The van der Waals surface area contributed by atoms with Gasteiger partial charge in [0, 0.05) is 19.8 Å². The van der Waals surface area contributed by atoms with Crippen LogP contribution in [-0.4, -0.2) is 34.7 Å². The summed E-state index contributed by atoms with van der Waals surface area (Å²) in [6.45, 7) is 6.53. The molecule has 0 aliphatic heterocycles. The molecule has 6 nitrogen and oxygen atoms in total. The zero-order valence-corrected chi connectivity index (χ0v) is 15.9. The van der Waals surface area contributed by atoms with Gasteiger partial charge in [-0.05, 0) is 56.2 Å². The number of hydrogen-bond donors (Lipinski definition) is 2. The first kappa shape index (κ1) is 19.1. The molecule has 0 bridgehead atoms. The van der Waals surface area contributed by atoms with Crippen LogP contribution >= 0.6 is 12.2 Å². The lowest BCUT2D eigenvalue weighted by molar-refractivity contribution is 0.287. The Labute approximate surface area is 154 Å². The standard InChI is InChI=1S/C18H26N4O2S/c1-4-23-16-7-6-14(12-17(16)24-5-2)8-10-19-18(25)20-13-15-9-11-22(3)21-15/h6-7,9,11-12H,4-5,8,10,13H2,1-3H3,(H2,19,20,25). The van der Waals surface area contributed by atoms with Gasteiger partial charge in [0.1, 0.15) is 0 Å². The lowest BCUT2D eigenvalue weighted by Gasteiger charge is -2.13. The van der Waals surface area contributed by atoms with Crippen molar-refractivity contribution >= 4 is 17.3 Å². The highest BCUT2D eigenvalue weighted by Crippen LogP contribution is 2.28. The molecule has 0 unspecified atom stereocenters. The molecular formula is C18H26N4O2S. The minimum atomic E-state index is 0.614. The molecule has 1 heterocycles. The smallest absolute Gasteiger partial charge is 0.166 e. The number of nitrogens with one attached hydrogen (secondary N) is 2. The van der Waals surface area contributed by atoms with Crippen LogP contribution < -0.4 is 20.1 Å². The maximum atomic E-state index is 5.65. The van der Waals surface area contributed by atoms with E-state index in [1.807, 2.05) is 45.3 Å². The van der Waals surface area contributed by atoms with E-state index in [1.54, 1.807) is 4.68 Å². The van der Waals surface area contributed by atoms with E-state index in [0.717, 1.165) is 30.2 Å². The van der Waals surface area contributed by atoms with E-state index in [2.05, 4.69) is 21.8 Å². The molecule has 1 aromatic carbocycles. The Morgan fingerprint density at radius 3 is 2.56 bits per heavy atom. The number of thiocarbonyl (C=S) groups is 1. The van der Waals surface area contributed by atoms with Crippen LogP contribution in [0.3, 0.4) is 0 Å². The molecule has 0 spiro atoms. The summed E-state index contributed by atoms with van der Waals surface area (Å²) in [5, 5.41) is 11.3. The molecule has 136 valence electrons. The third-order valence-electron chi connectivity index (χ3n) is 3.51. The van der Waals surface area contributed by atoms with E-state index in [0.29, 0.717) is 24.9 Å². The SMILES string of the molecule is CCOc1ccc(CCNC(=S)NCc2ccn(C)n2)cc1OCC. The summed E-state index contributed by atoms with van der Waals surface area (Å²) in [6, 6.07) is 8.01. The van der Waals surface area contributed by atoms with Gasteiger partial charge in [0.25, 0.3) is 0 Å². The Kier molecular flexibility index (Phi) is 7.53. The Morgan fingerprint density at radius 2 is 1.88 bits per heavy atom. The first-order chi connectivity index (χ1) is 12.1. The highest BCUT2D eigenvalue weighted by atomic mass is 32.1. The van der Waals surface area contributed by atoms with Crippen molar-refractivity contribution in [3.8, 4) is 11.5 Å². The van der Waals surface area contributed by atoms with Gasteiger partial charge >= 0.3 is 0 Å². The van der Waals surface area contributed by atoms with Crippen molar-refractivity contribution in [2.45, 2.75) is 26.8 Å². The molecule has 0 amide bonds. The summed E-state index contributed by atoms with van der Waals surface area (Å²) >= 11 is 5.30. The first-order valence-electron chi connectivity index (χ1n) is 8.51. The summed E-state index contributed by atoms with van der Waals surface area (Å²) in [7, 11) is 1.90. The topological polar surface area (TPSA) is 60.3 Å². The van der Waals surface area contributed by atoms with Crippen molar-refractivity contribution in [1.29, 1.82) is 0 Å². The highest BCUT2D eigenvalue weighted by Gasteiger charge is 2.06. The van der Waals surface area contributed by atoms with Crippen molar-refractivity contribution in [3.05, 3.63) is 41.7 Å². The molecular weight excluding hydrogens is 336 g/mol. The molecule has 1 aromatic heterocycles. The Hall–Kier alpha value is -2.28. The largest absolute Gasteiger partial charge is 0.490 e. The Bertz CT molecular complexity index is 687. The van der Waals surface area contributed by atoms with Gasteiger partial charge in [0.2, 0.25) is 0 Å². The van der Waals surface area contributed by atoms with E-state index < -0.39 is 0 Å². The molecule has 7 heteroatoms. The number of benzene rings is 1. The maximum absolute atomic E-state index is 5.65. The summed E-state index contributed by atoms with van der Waals surface area (Å²) in [5.74, 6) is 1.58. The van der Waals surface area contributed by atoms with E-state index in [1.165, 1.54) is 5.56 Å². The van der Waals surface area contributed by atoms with Crippen molar-refractivity contribution < 1.29 is 9.47 Å². The van der Waals surface area contributed by atoms with Gasteiger partial charge in [-0.1, -0.05) is 6.07 Å². The average molecular weight is 362 g/mol. The van der Waals surface area contributed by atoms with Gasteiger partial charge in [-0.25, -0.2) is 0 Å².